The molecule has 2 nitrogen and oxygen atoms in total. The van der Waals surface area contributed by atoms with Gasteiger partial charge in [0.1, 0.15) is 0 Å². The van der Waals surface area contributed by atoms with Gasteiger partial charge in [-0.2, -0.15) is 0 Å². The van der Waals surface area contributed by atoms with Crippen LogP contribution in [0.4, 0.5) is 0 Å². The Bertz CT molecular complexity index is 286. The molecular formula is C12H18ClNO. The van der Waals surface area contributed by atoms with Gasteiger partial charge in [0, 0.05) is 11.1 Å². The molecule has 0 radical (unpaired) electrons. The fraction of sp³-hybridized carbons (Fsp3) is 0.500. The van der Waals surface area contributed by atoms with Crippen molar-refractivity contribution in [3.8, 4) is 0 Å². The van der Waals surface area contributed by atoms with E-state index in [9.17, 15) is 5.11 Å². The third-order valence-corrected chi connectivity index (χ3v) is 2.80. The number of aliphatic hydroxyl groups is 1. The van der Waals surface area contributed by atoms with E-state index in [1.54, 1.807) is 0 Å². The van der Waals surface area contributed by atoms with Crippen molar-refractivity contribution in [1.82, 2.24) is 5.32 Å². The maximum atomic E-state index is 9.30. The Balaban J connectivity index is 2.69. The van der Waals surface area contributed by atoms with Crippen molar-refractivity contribution in [1.29, 1.82) is 0 Å². The third kappa shape index (κ3) is 3.82. The van der Waals surface area contributed by atoms with E-state index in [4.69, 9.17) is 11.6 Å². The van der Waals surface area contributed by atoms with Crippen molar-refractivity contribution in [2.75, 3.05) is 6.61 Å². The Morgan fingerprint density at radius 1 is 1.33 bits per heavy atom. The molecule has 0 aliphatic heterocycles. The van der Waals surface area contributed by atoms with Gasteiger partial charge in [-0.1, -0.05) is 30.7 Å². The van der Waals surface area contributed by atoms with Crippen molar-refractivity contribution in [3.05, 3.63) is 34.9 Å². The summed E-state index contributed by atoms with van der Waals surface area (Å²) < 4.78 is 0. The fourth-order valence-corrected chi connectivity index (χ4v) is 1.54. The second kappa shape index (κ2) is 6.11. The van der Waals surface area contributed by atoms with Gasteiger partial charge >= 0.3 is 0 Å². The van der Waals surface area contributed by atoms with E-state index < -0.39 is 0 Å². The number of hydrogen-bond acceptors (Lipinski definition) is 2. The minimum atomic E-state index is -0.00258. The number of aliphatic hydroxyl groups excluding tert-OH is 1. The average molecular weight is 228 g/mol. The summed E-state index contributed by atoms with van der Waals surface area (Å²) in [6, 6.07) is 7.97. The van der Waals surface area contributed by atoms with E-state index >= 15 is 0 Å². The van der Waals surface area contributed by atoms with Crippen LogP contribution in [0.5, 0.6) is 0 Å². The molecule has 0 saturated heterocycles. The van der Waals surface area contributed by atoms with Gasteiger partial charge in [-0.05, 0) is 31.0 Å². The van der Waals surface area contributed by atoms with Crippen LogP contribution in [0.25, 0.3) is 0 Å². The molecule has 0 fully saturated rings. The molecule has 1 rings (SSSR count). The SMILES string of the molecule is CCC(C)NC(CO)c1ccc(Cl)cc1. The van der Waals surface area contributed by atoms with Crippen molar-refractivity contribution < 1.29 is 5.11 Å². The minimum Gasteiger partial charge on any atom is -0.394 e. The molecule has 2 unspecified atom stereocenters. The predicted molar refractivity (Wildman–Crippen MR) is 64.2 cm³/mol. The second-order valence-electron chi connectivity index (χ2n) is 3.76. The van der Waals surface area contributed by atoms with Crippen LogP contribution >= 0.6 is 11.6 Å². The minimum absolute atomic E-state index is 0.00258. The fourth-order valence-electron chi connectivity index (χ4n) is 1.41. The van der Waals surface area contributed by atoms with Gasteiger partial charge in [-0.25, -0.2) is 0 Å². The molecule has 2 N–H and O–H groups in total. The van der Waals surface area contributed by atoms with Gasteiger partial charge in [-0.15, -0.1) is 0 Å². The van der Waals surface area contributed by atoms with Gasteiger partial charge in [-0.3, -0.25) is 0 Å². The molecule has 0 spiro atoms. The number of halogens is 1. The zero-order chi connectivity index (χ0) is 11.3. The molecule has 0 bridgehead atoms. The van der Waals surface area contributed by atoms with Crippen LogP contribution in [-0.2, 0) is 0 Å². The smallest absolute Gasteiger partial charge is 0.0626 e. The number of rotatable bonds is 5. The summed E-state index contributed by atoms with van der Waals surface area (Å²) in [7, 11) is 0. The van der Waals surface area contributed by atoms with Crippen LogP contribution < -0.4 is 5.32 Å². The largest absolute Gasteiger partial charge is 0.394 e. The molecule has 0 aliphatic rings. The van der Waals surface area contributed by atoms with Crippen molar-refractivity contribution >= 4 is 11.6 Å². The maximum Gasteiger partial charge on any atom is 0.0626 e. The van der Waals surface area contributed by atoms with Gasteiger partial charge in [0.05, 0.1) is 12.6 Å². The monoisotopic (exact) mass is 227 g/mol. The second-order valence-corrected chi connectivity index (χ2v) is 4.20. The lowest BCUT2D eigenvalue weighted by molar-refractivity contribution is 0.234. The molecule has 15 heavy (non-hydrogen) atoms. The lowest BCUT2D eigenvalue weighted by Gasteiger charge is -2.21. The maximum absolute atomic E-state index is 9.30. The molecular weight excluding hydrogens is 210 g/mol. The molecule has 0 aromatic heterocycles. The molecule has 0 amide bonds. The zero-order valence-electron chi connectivity index (χ0n) is 9.20. The summed E-state index contributed by atoms with van der Waals surface area (Å²) in [6.07, 6.45) is 1.05. The molecule has 3 heteroatoms. The van der Waals surface area contributed by atoms with Crippen molar-refractivity contribution in [2.24, 2.45) is 0 Å². The van der Waals surface area contributed by atoms with Gasteiger partial charge < -0.3 is 10.4 Å². The van der Waals surface area contributed by atoms with Crippen LogP contribution in [0.15, 0.2) is 24.3 Å². The first-order valence-corrected chi connectivity index (χ1v) is 5.67. The molecule has 0 saturated carbocycles. The molecule has 1 aromatic carbocycles. The molecule has 1 aromatic rings. The first-order valence-electron chi connectivity index (χ1n) is 5.29. The van der Waals surface area contributed by atoms with E-state index in [1.165, 1.54) is 0 Å². The Kier molecular flexibility index (Phi) is 5.09. The van der Waals surface area contributed by atoms with Crippen molar-refractivity contribution in [3.63, 3.8) is 0 Å². The van der Waals surface area contributed by atoms with Crippen LogP contribution in [0.3, 0.4) is 0 Å². The Hall–Kier alpha value is -0.570. The normalized spacial score (nSPS) is 14.9. The van der Waals surface area contributed by atoms with Crippen LogP contribution in [-0.4, -0.2) is 17.8 Å². The van der Waals surface area contributed by atoms with Crippen LogP contribution in [0.1, 0.15) is 31.9 Å². The highest BCUT2D eigenvalue weighted by atomic mass is 35.5. The highest BCUT2D eigenvalue weighted by Gasteiger charge is 2.11. The number of hydrogen-bond donors (Lipinski definition) is 2. The van der Waals surface area contributed by atoms with E-state index in [0.717, 1.165) is 17.0 Å². The van der Waals surface area contributed by atoms with Crippen LogP contribution in [0.2, 0.25) is 5.02 Å². The molecule has 84 valence electrons. The molecule has 2 atom stereocenters. The first kappa shape index (κ1) is 12.5. The predicted octanol–water partition coefficient (Wildman–Crippen LogP) is 2.76. The third-order valence-electron chi connectivity index (χ3n) is 2.55. The average Bonchev–Trinajstić information content (AvgIpc) is 2.27. The number of benzene rings is 1. The van der Waals surface area contributed by atoms with Gasteiger partial charge in [0.15, 0.2) is 0 Å². The van der Waals surface area contributed by atoms with Crippen molar-refractivity contribution in [2.45, 2.75) is 32.4 Å². The zero-order valence-corrected chi connectivity index (χ0v) is 9.96. The summed E-state index contributed by atoms with van der Waals surface area (Å²) >= 11 is 5.81. The summed E-state index contributed by atoms with van der Waals surface area (Å²) in [5, 5.41) is 13.4. The lowest BCUT2D eigenvalue weighted by Crippen LogP contribution is -2.32. The Morgan fingerprint density at radius 3 is 2.40 bits per heavy atom. The van der Waals surface area contributed by atoms with Gasteiger partial charge in [0.2, 0.25) is 0 Å². The van der Waals surface area contributed by atoms with E-state index in [2.05, 4.69) is 19.2 Å². The highest BCUT2D eigenvalue weighted by Crippen LogP contribution is 2.16. The van der Waals surface area contributed by atoms with E-state index in [0.29, 0.717) is 6.04 Å². The van der Waals surface area contributed by atoms with E-state index in [-0.39, 0.29) is 12.6 Å². The summed E-state index contributed by atoms with van der Waals surface area (Å²) in [5.41, 5.74) is 1.07. The summed E-state index contributed by atoms with van der Waals surface area (Å²) in [4.78, 5) is 0. The first-order chi connectivity index (χ1) is 7.17. The molecule has 0 heterocycles. The summed E-state index contributed by atoms with van der Waals surface area (Å²) in [5.74, 6) is 0. The number of nitrogens with one attached hydrogen (secondary N) is 1. The van der Waals surface area contributed by atoms with Crippen LogP contribution in [0, 0.1) is 0 Å². The Labute approximate surface area is 96.3 Å². The van der Waals surface area contributed by atoms with E-state index in [1.807, 2.05) is 24.3 Å². The standard InChI is InChI=1S/C12H18ClNO/c1-3-9(2)14-12(8-15)10-4-6-11(13)7-5-10/h4-7,9,12,14-15H,3,8H2,1-2H3. The summed E-state index contributed by atoms with van der Waals surface area (Å²) in [6.45, 7) is 4.33. The lowest BCUT2D eigenvalue weighted by atomic mass is 10.1. The molecule has 0 aliphatic carbocycles. The van der Waals surface area contributed by atoms with Gasteiger partial charge in [0.25, 0.3) is 0 Å². The quantitative estimate of drug-likeness (QED) is 0.811. The topological polar surface area (TPSA) is 32.3 Å². The Morgan fingerprint density at radius 2 is 1.93 bits per heavy atom. The highest BCUT2D eigenvalue weighted by molar-refractivity contribution is 6.30.